The van der Waals surface area contributed by atoms with Crippen molar-refractivity contribution in [3.8, 4) is 11.3 Å². The molecule has 0 aliphatic rings. The zero-order valence-corrected chi connectivity index (χ0v) is 13.2. The fourth-order valence-corrected chi connectivity index (χ4v) is 2.42. The standard InChI is InChI=1S/C19H14FNO4/c1-11-3-2-4-14(19(23)24)17(11)21-18(22)16-10-9-15(25-16)12-5-7-13(20)8-6-12/h2-10H,1H3,(H,21,22)(H,23,24). The van der Waals surface area contributed by atoms with Gasteiger partial charge in [-0.15, -0.1) is 0 Å². The van der Waals surface area contributed by atoms with Gasteiger partial charge in [0, 0.05) is 5.56 Å². The van der Waals surface area contributed by atoms with E-state index >= 15 is 0 Å². The molecule has 1 heterocycles. The number of hydrogen-bond acceptors (Lipinski definition) is 3. The maximum absolute atomic E-state index is 13.0. The lowest BCUT2D eigenvalue weighted by Gasteiger charge is -2.10. The molecular weight excluding hydrogens is 325 g/mol. The molecule has 6 heteroatoms. The molecule has 0 aliphatic carbocycles. The number of amides is 1. The Balaban J connectivity index is 1.86. The quantitative estimate of drug-likeness (QED) is 0.741. The number of para-hydroxylation sites is 1. The normalized spacial score (nSPS) is 10.5. The number of nitrogens with one attached hydrogen (secondary N) is 1. The van der Waals surface area contributed by atoms with Gasteiger partial charge in [-0.1, -0.05) is 12.1 Å². The highest BCUT2D eigenvalue weighted by Gasteiger charge is 2.18. The van der Waals surface area contributed by atoms with Crippen LogP contribution in [0, 0.1) is 12.7 Å². The molecule has 0 radical (unpaired) electrons. The number of carbonyl (C=O) groups is 2. The summed E-state index contributed by atoms with van der Waals surface area (Å²) in [6, 6.07) is 13.5. The average molecular weight is 339 g/mol. The number of hydrogen-bond donors (Lipinski definition) is 2. The van der Waals surface area contributed by atoms with E-state index in [1.807, 2.05) is 0 Å². The van der Waals surface area contributed by atoms with Gasteiger partial charge in [-0.3, -0.25) is 4.79 Å². The first-order valence-electron chi connectivity index (χ1n) is 7.46. The number of anilines is 1. The van der Waals surface area contributed by atoms with Gasteiger partial charge in [-0.05, 0) is 55.0 Å². The molecule has 0 saturated heterocycles. The van der Waals surface area contributed by atoms with Crippen LogP contribution in [0.1, 0.15) is 26.5 Å². The van der Waals surface area contributed by atoms with Crippen LogP contribution in [0.4, 0.5) is 10.1 Å². The Kier molecular flexibility index (Phi) is 4.35. The number of benzene rings is 2. The van der Waals surface area contributed by atoms with E-state index in [4.69, 9.17) is 4.42 Å². The minimum absolute atomic E-state index is 0.00124. The molecule has 0 fully saturated rings. The van der Waals surface area contributed by atoms with Gasteiger partial charge in [0.15, 0.2) is 5.76 Å². The average Bonchev–Trinajstić information content (AvgIpc) is 3.07. The fraction of sp³-hybridized carbons (Fsp3) is 0.0526. The van der Waals surface area contributed by atoms with Crippen LogP contribution in [-0.2, 0) is 0 Å². The summed E-state index contributed by atoms with van der Waals surface area (Å²) in [7, 11) is 0. The number of furan rings is 1. The van der Waals surface area contributed by atoms with E-state index in [1.54, 1.807) is 37.3 Å². The van der Waals surface area contributed by atoms with Gasteiger partial charge < -0.3 is 14.8 Å². The first kappa shape index (κ1) is 16.4. The molecule has 1 amide bonds. The zero-order chi connectivity index (χ0) is 18.0. The van der Waals surface area contributed by atoms with Gasteiger partial charge in [0.25, 0.3) is 5.91 Å². The van der Waals surface area contributed by atoms with Crippen molar-refractivity contribution in [2.75, 3.05) is 5.32 Å². The molecule has 126 valence electrons. The van der Waals surface area contributed by atoms with Crippen LogP contribution in [0.5, 0.6) is 0 Å². The van der Waals surface area contributed by atoms with Gasteiger partial charge in [-0.25, -0.2) is 9.18 Å². The van der Waals surface area contributed by atoms with Crippen LogP contribution >= 0.6 is 0 Å². The first-order valence-corrected chi connectivity index (χ1v) is 7.46. The number of aryl methyl sites for hydroxylation is 1. The van der Waals surface area contributed by atoms with E-state index in [0.29, 0.717) is 16.9 Å². The monoisotopic (exact) mass is 339 g/mol. The second kappa shape index (κ2) is 6.60. The molecule has 0 saturated carbocycles. The molecule has 0 spiro atoms. The van der Waals surface area contributed by atoms with Crippen molar-refractivity contribution in [3.05, 3.63) is 77.3 Å². The van der Waals surface area contributed by atoms with Crippen molar-refractivity contribution in [1.29, 1.82) is 0 Å². The van der Waals surface area contributed by atoms with Crippen molar-refractivity contribution in [3.63, 3.8) is 0 Å². The first-order chi connectivity index (χ1) is 12.0. The summed E-state index contributed by atoms with van der Waals surface area (Å²) in [5.74, 6) is -1.63. The molecule has 2 N–H and O–H groups in total. The lowest BCUT2D eigenvalue weighted by atomic mass is 10.1. The zero-order valence-electron chi connectivity index (χ0n) is 13.2. The van der Waals surface area contributed by atoms with Gasteiger partial charge in [-0.2, -0.15) is 0 Å². The molecule has 3 aromatic rings. The van der Waals surface area contributed by atoms with Crippen LogP contribution in [0.25, 0.3) is 11.3 Å². The van der Waals surface area contributed by atoms with Gasteiger partial charge in [0.05, 0.1) is 11.3 Å². The Morgan fingerprint density at radius 2 is 1.76 bits per heavy atom. The summed E-state index contributed by atoms with van der Waals surface area (Å²) in [5.41, 5.74) is 1.47. The van der Waals surface area contributed by atoms with E-state index in [1.165, 1.54) is 24.3 Å². The lowest BCUT2D eigenvalue weighted by molar-refractivity contribution is 0.0698. The minimum atomic E-state index is -1.13. The minimum Gasteiger partial charge on any atom is -0.478 e. The van der Waals surface area contributed by atoms with E-state index in [0.717, 1.165) is 0 Å². The summed E-state index contributed by atoms with van der Waals surface area (Å²) >= 11 is 0. The Bertz CT molecular complexity index is 944. The van der Waals surface area contributed by atoms with Crippen LogP contribution in [0.3, 0.4) is 0 Å². The highest BCUT2D eigenvalue weighted by molar-refractivity contribution is 6.07. The van der Waals surface area contributed by atoms with Crippen molar-refractivity contribution in [2.45, 2.75) is 6.92 Å². The van der Waals surface area contributed by atoms with E-state index in [9.17, 15) is 19.1 Å². The fourth-order valence-electron chi connectivity index (χ4n) is 2.42. The van der Waals surface area contributed by atoms with Gasteiger partial charge in [0.2, 0.25) is 0 Å². The topological polar surface area (TPSA) is 79.5 Å². The summed E-state index contributed by atoms with van der Waals surface area (Å²) in [6.45, 7) is 1.70. The van der Waals surface area contributed by atoms with E-state index in [-0.39, 0.29) is 22.8 Å². The third-order valence-electron chi connectivity index (χ3n) is 3.70. The summed E-state index contributed by atoms with van der Waals surface area (Å²) in [4.78, 5) is 23.7. The number of rotatable bonds is 4. The molecule has 0 bridgehead atoms. The van der Waals surface area contributed by atoms with Crippen LogP contribution in [0.15, 0.2) is 59.0 Å². The smallest absolute Gasteiger partial charge is 0.337 e. The number of carboxylic acids is 1. The summed E-state index contributed by atoms with van der Waals surface area (Å²) < 4.78 is 18.5. The Hall–Kier alpha value is -3.41. The maximum atomic E-state index is 13.0. The molecule has 5 nitrogen and oxygen atoms in total. The third-order valence-corrected chi connectivity index (χ3v) is 3.70. The highest BCUT2D eigenvalue weighted by Crippen LogP contribution is 2.25. The third kappa shape index (κ3) is 3.42. The predicted molar refractivity (Wildman–Crippen MR) is 90.2 cm³/mol. The maximum Gasteiger partial charge on any atom is 0.337 e. The second-order valence-corrected chi connectivity index (χ2v) is 5.43. The van der Waals surface area contributed by atoms with Gasteiger partial charge >= 0.3 is 5.97 Å². The van der Waals surface area contributed by atoms with Crippen molar-refractivity contribution >= 4 is 17.6 Å². The molecule has 0 atom stereocenters. The molecule has 0 unspecified atom stereocenters. The number of carboxylic acid groups (broad SMARTS) is 1. The molecule has 1 aromatic heterocycles. The van der Waals surface area contributed by atoms with Crippen molar-refractivity contribution in [2.24, 2.45) is 0 Å². The molecular formula is C19H14FNO4. The predicted octanol–water partition coefficient (Wildman–Crippen LogP) is 4.34. The Morgan fingerprint density at radius 3 is 2.44 bits per heavy atom. The van der Waals surface area contributed by atoms with Crippen molar-refractivity contribution < 1.29 is 23.5 Å². The Morgan fingerprint density at radius 1 is 1.04 bits per heavy atom. The van der Waals surface area contributed by atoms with Crippen molar-refractivity contribution in [1.82, 2.24) is 0 Å². The summed E-state index contributed by atoms with van der Waals surface area (Å²) in [6.07, 6.45) is 0. The number of aromatic carboxylic acids is 1. The van der Waals surface area contributed by atoms with Crippen LogP contribution < -0.4 is 5.32 Å². The van der Waals surface area contributed by atoms with E-state index < -0.39 is 11.9 Å². The second-order valence-electron chi connectivity index (χ2n) is 5.43. The molecule has 3 rings (SSSR count). The Labute approximate surface area is 142 Å². The highest BCUT2D eigenvalue weighted by atomic mass is 19.1. The summed E-state index contributed by atoms with van der Waals surface area (Å²) in [5, 5.41) is 11.8. The van der Waals surface area contributed by atoms with Crippen LogP contribution in [0.2, 0.25) is 0 Å². The van der Waals surface area contributed by atoms with Gasteiger partial charge in [0.1, 0.15) is 11.6 Å². The molecule has 0 aliphatic heterocycles. The SMILES string of the molecule is Cc1cccc(C(=O)O)c1NC(=O)c1ccc(-c2ccc(F)cc2)o1. The lowest BCUT2D eigenvalue weighted by Crippen LogP contribution is -2.15. The largest absolute Gasteiger partial charge is 0.478 e. The van der Waals surface area contributed by atoms with E-state index in [2.05, 4.69) is 5.32 Å². The molecule has 25 heavy (non-hydrogen) atoms. The number of halogens is 1. The van der Waals surface area contributed by atoms with Crippen LogP contribution in [-0.4, -0.2) is 17.0 Å². The number of carbonyl (C=O) groups excluding carboxylic acids is 1. The molecule has 2 aromatic carbocycles.